The molecule has 0 aliphatic rings. The van der Waals surface area contributed by atoms with E-state index >= 15 is 0 Å². The number of carbonyl (C=O) groups is 1. The molecule has 0 saturated heterocycles. The van der Waals surface area contributed by atoms with Gasteiger partial charge >= 0.3 is 0 Å². The first-order valence-corrected chi connectivity index (χ1v) is 11.1. The molecule has 0 heterocycles. The van der Waals surface area contributed by atoms with E-state index in [2.05, 4.69) is 27.9 Å². The lowest BCUT2D eigenvalue weighted by Gasteiger charge is -2.09. The van der Waals surface area contributed by atoms with Gasteiger partial charge in [-0.15, -0.1) is 0 Å². The molecule has 3 rings (SSSR count). The van der Waals surface area contributed by atoms with Gasteiger partial charge in [0.15, 0.2) is 0 Å². The number of nitrogens with zero attached hydrogens (tertiary/aromatic N) is 2. The van der Waals surface area contributed by atoms with Crippen LogP contribution >= 0.6 is 34.2 Å². The Morgan fingerprint density at radius 3 is 2.70 bits per heavy atom. The number of hydrogen-bond donors (Lipinski definition) is 1. The number of amides is 1. The Kier molecular flexibility index (Phi) is 8.03. The summed E-state index contributed by atoms with van der Waals surface area (Å²) in [5, 5.41) is 23.6. The molecule has 0 radical (unpaired) electrons. The third kappa shape index (κ3) is 6.54. The summed E-state index contributed by atoms with van der Waals surface area (Å²) in [6, 6.07) is 18.5. The largest absolute Gasteiger partial charge is 0.488 e. The predicted octanol–water partition coefficient (Wildman–Crippen LogP) is 6.29. The van der Waals surface area contributed by atoms with Crippen LogP contribution in [0.1, 0.15) is 16.7 Å². The summed E-state index contributed by atoms with van der Waals surface area (Å²) in [4.78, 5) is 23.0. The van der Waals surface area contributed by atoms with Crippen LogP contribution in [0.3, 0.4) is 0 Å². The third-order valence-electron chi connectivity index (χ3n) is 4.58. The molecule has 0 unspecified atom stereocenters. The van der Waals surface area contributed by atoms with Crippen LogP contribution < -0.4 is 10.1 Å². The molecule has 3 aromatic rings. The average Bonchev–Trinajstić information content (AvgIpc) is 2.79. The van der Waals surface area contributed by atoms with E-state index in [1.807, 2.05) is 13.0 Å². The number of rotatable bonds is 7. The normalized spacial score (nSPS) is 10.9. The van der Waals surface area contributed by atoms with Crippen LogP contribution in [0.25, 0.3) is 6.08 Å². The maximum Gasteiger partial charge on any atom is 0.269 e. The van der Waals surface area contributed by atoms with Crippen LogP contribution in [0.5, 0.6) is 5.75 Å². The zero-order valence-corrected chi connectivity index (χ0v) is 20.3. The van der Waals surface area contributed by atoms with Gasteiger partial charge < -0.3 is 10.1 Å². The van der Waals surface area contributed by atoms with Crippen LogP contribution in [0.15, 0.2) is 66.2 Å². The fraction of sp³-hybridized carbons (Fsp3) is 0.0833. The standard InChI is InChI=1S/C24H17ClIN3O4/c1-15-5-7-19(12-21(15)25)28-24(30)18(13-27)9-16-6-8-23(22(26)11-16)33-14-17-3-2-4-20(10-17)29(31)32/h2-12H,14H2,1H3,(H,28,30)/b18-9-. The van der Waals surface area contributed by atoms with Crippen molar-refractivity contribution in [3.05, 3.63) is 102 Å². The van der Waals surface area contributed by atoms with E-state index in [1.165, 1.54) is 18.2 Å². The van der Waals surface area contributed by atoms with Gasteiger partial charge in [0, 0.05) is 22.8 Å². The summed E-state index contributed by atoms with van der Waals surface area (Å²) in [5.74, 6) is 0.0370. The van der Waals surface area contributed by atoms with Gasteiger partial charge in [-0.05, 0) is 76.5 Å². The molecule has 166 valence electrons. The smallest absolute Gasteiger partial charge is 0.269 e. The van der Waals surface area contributed by atoms with E-state index in [0.29, 0.717) is 27.6 Å². The van der Waals surface area contributed by atoms with Crippen molar-refractivity contribution in [3.8, 4) is 11.8 Å². The zero-order valence-electron chi connectivity index (χ0n) is 17.3. The van der Waals surface area contributed by atoms with Gasteiger partial charge in [-0.3, -0.25) is 14.9 Å². The summed E-state index contributed by atoms with van der Waals surface area (Å²) < 4.78 is 6.54. The monoisotopic (exact) mass is 573 g/mol. The van der Waals surface area contributed by atoms with Gasteiger partial charge in [0.2, 0.25) is 0 Å². The number of nitro groups is 1. The Labute approximate surface area is 208 Å². The summed E-state index contributed by atoms with van der Waals surface area (Å²) in [7, 11) is 0. The molecule has 0 aromatic heterocycles. The Balaban J connectivity index is 1.71. The van der Waals surface area contributed by atoms with Crippen LogP contribution in [0.2, 0.25) is 5.02 Å². The number of halogens is 2. The summed E-state index contributed by atoms with van der Waals surface area (Å²) in [6.45, 7) is 2.02. The van der Waals surface area contributed by atoms with Gasteiger partial charge in [-0.1, -0.05) is 35.9 Å². The van der Waals surface area contributed by atoms with E-state index in [-0.39, 0.29) is 17.9 Å². The molecule has 0 aliphatic carbocycles. The Morgan fingerprint density at radius 2 is 2.03 bits per heavy atom. The van der Waals surface area contributed by atoms with Crippen LogP contribution in [0.4, 0.5) is 11.4 Å². The molecular weight excluding hydrogens is 557 g/mol. The molecule has 1 N–H and O–H groups in total. The highest BCUT2D eigenvalue weighted by atomic mass is 127. The molecular formula is C24H17ClIN3O4. The quantitative estimate of drug-likeness (QED) is 0.118. The molecule has 7 nitrogen and oxygen atoms in total. The van der Waals surface area contributed by atoms with Gasteiger partial charge in [-0.2, -0.15) is 5.26 Å². The zero-order chi connectivity index (χ0) is 24.0. The second kappa shape index (κ2) is 10.9. The summed E-state index contributed by atoms with van der Waals surface area (Å²) >= 11 is 8.17. The molecule has 0 aliphatic heterocycles. The summed E-state index contributed by atoms with van der Waals surface area (Å²) in [5.41, 5.74) is 2.64. The number of ether oxygens (including phenoxy) is 1. The maximum absolute atomic E-state index is 12.5. The van der Waals surface area contributed by atoms with Gasteiger partial charge in [0.1, 0.15) is 24.0 Å². The SMILES string of the molecule is Cc1ccc(NC(=O)/C(C#N)=C\c2ccc(OCc3cccc([N+](=O)[O-])c3)c(I)c2)cc1Cl. The molecule has 0 fully saturated rings. The number of aryl methyl sites for hydroxylation is 1. The number of benzene rings is 3. The highest BCUT2D eigenvalue weighted by Gasteiger charge is 2.12. The first-order valence-electron chi connectivity index (χ1n) is 9.62. The molecule has 0 spiro atoms. The van der Waals surface area contributed by atoms with E-state index in [9.17, 15) is 20.2 Å². The third-order valence-corrected chi connectivity index (χ3v) is 5.83. The molecule has 3 aromatic carbocycles. The second-order valence-electron chi connectivity index (χ2n) is 6.99. The van der Waals surface area contributed by atoms with Crippen LogP contribution in [0, 0.1) is 31.9 Å². The minimum atomic E-state index is -0.543. The molecule has 0 bridgehead atoms. The molecule has 9 heteroatoms. The van der Waals surface area contributed by atoms with Gasteiger partial charge in [-0.25, -0.2) is 0 Å². The highest BCUT2D eigenvalue weighted by molar-refractivity contribution is 14.1. The Bertz CT molecular complexity index is 1300. The predicted molar refractivity (Wildman–Crippen MR) is 135 cm³/mol. The average molecular weight is 574 g/mol. The van der Waals surface area contributed by atoms with Crippen molar-refractivity contribution >= 4 is 57.5 Å². The van der Waals surface area contributed by atoms with E-state index in [0.717, 1.165) is 9.13 Å². The van der Waals surface area contributed by atoms with E-state index in [1.54, 1.807) is 48.5 Å². The number of non-ortho nitro benzene ring substituents is 1. The van der Waals surface area contributed by atoms with Gasteiger partial charge in [0.25, 0.3) is 11.6 Å². The van der Waals surface area contributed by atoms with Crippen molar-refractivity contribution in [2.24, 2.45) is 0 Å². The Morgan fingerprint density at radius 1 is 1.24 bits per heavy atom. The first kappa shape index (κ1) is 24.2. The fourth-order valence-electron chi connectivity index (χ4n) is 2.83. The van der Waals surface area contributed by atoms with Crippen molar-refractivity contribution in [3.63, 3.8) is 0 Å². The highest BCUT2D eigenvalue weighted by Crippen LogP contribution is 2.25. The number of carbonyl (C=O) groups excluding carboxylic acids is 1. The van der Waals surface area contributed by atoms with Crippen molar-refractivity contribution < 1.29 is 14.5 Å². The minimum Gasteiger partial charge on any atom is -0.488 e. The van der Waals surface area contributed by atoms with Gasteiger partial charge in [0.05, 0.1) is 8.49 Å². The van der Waals surface area contributed by atoms with E-state index < -0.39 is 10.8 Å². The number of nitrogens with one attached hydrogen (secondary N) is 1. The Hall–Kier alpha value is -3.42. The van der Waals surface area contributed by atoms with Crippen molar-refractivity contribution in [2.45, 2.75) is 13.5 Å². The van der Waals surface area contributed by atoms with Crippen LogP contribution in [-0.4, -0.2) is 10.8 Å². The topological polar surface area (TPSA) is 105 Å². The lowest BCUT2D eigenvalue weighted by molar-refractivity contribution is -0.384. The second-order valence-corrected chi connectivity index (χ2v) is 8.56. The summed E-state index contributed by atoms with van der Waals surface area (Å²) in [6.07, 6.45) is 1.48. The number of nitriles is 1. The van der Waals surface area contributed by atoms with Crippen molar-refractivity contribution in [1.82, 2.24) is 0 Å². The van der Waals surface area contributed by atoms with Crippen molar-refractivity contribution in [1.29, 1.82) is 5.26 Å². The lowest BCUT2D eigenvalue weighted by atomic mass is 10.1. The van der Waals surface area contributed by atoms with Crippen LogP contribution in [-0.2, 0) is 11.4 Å². The minimum absolute atomic E-state index is 0.00139. The van der Waals surface area contributed by atoms with E-state index in [4.69, 9.17) is 16.3 Å². The first-order chi connectivity index (χ1) is 15.8. The fourth-order valence-corrected chi connectivity index (χ4v) is 3.70. The number of nitro benzene ring substituents is 1. The molecule has 33 heavy (non-hydrogen) atoms. The molecule has 1 amide bonds. The lowest BCUT2D eigenvalue weighted by Crippen LogP contribution is -2.13. The number of hydrogen-bond acceptors (Lipinski definition) is 5. The molecule has 0 atom stereocenters. The molecule has 0 saturated carbocycles. The maximum atomic E-state index is 12.5. The van der Waals surface area contributed by atoms with Crippen molar-refractivity contribution in [2.75, 3.05) is 5.32 Å². The number of anilines is 1.